The van der Waals surface area contributed by atoms with E-state index in [1.165, 1.54) is 12.4 Å². The molecule has 1 spiro atoms. The lowest BCUT2D eigenvalue weighted by atomic mass is 9.73. The smallest absolute Gasteiger partial charge is 0.159 e. The van der Waals surface area contributed by atoms with Gasteiger partial charge in [-0.15, -0.1) is 0 Å². The third-order valence-corrected chi connectivity index (χ3v) is 6.83. The molecule has 36 heavy (non-hydrogen) atoms. The maximum Gasteiger partial charge on any atom is 0.159 e. The lowest BCUT2D eigenvalue weighted by molar-refractivity contribution is -0.00279. The van der Waals surface area contributed by atoms with E-state index in [-0.39, 0.29) is 12.4 Å². The first-order valence-corrected chi connectivity index (χ1v) is 12.6. The van der Waals surface area contributed by atoms with Crippen molar-refractivity contribution in [3.05, 3.63) is 70.1 Å². The van der Waals surface area contributed by atoms with Gasteiger partial charge in [-0.1, -0.05) is 37.0 Å². The van der Waals surface area contributed by atoms with Crippen molar-refractivity contribution >= 4 is 46.1 Å². The molecule has 4 N–H and O–H groups in total. The lowest BCUT2D eigenvalue weighted by Crippen LogP contribution is -2.71. The van der Waals surface area contributed by atoms with Crippen LogP contribution in [0.5, 0.6) is 5.75 Å². The quantitative estimate of drug-likeness (QED) is 0.225. The first kappa shape index (κ1) is 26.0. The number of likely N-dealkylation sites (tertiary alicyclic amines) is 1. The number of anilines is 3. The minimum Gasteiger partial charge on any atom is -0.473 e. The number of nitrogens with two attached hydrogens (primary N) is 1. The number of nitrogen functional groups attached to an aromatic ring is 1. The summed E-state index contributed by atoms with van der Waals surface area (Å²) in [6.45, 7) is 8.52. The summed E-state index contributed by atoms with van der Waals surface area (Å²) >= 11 is 12.2. The largest absolute Gasteiger partial charge is 0.473 e. The highest BCUT2D eigenvalue weighted by atomic mass is 35.5. The lowest BCUT2D eigenvalue weighted by Gasteiger charge is -2.59. The predicted molar refractivity (Wildman–Crippen MR) is 148 cm³/mol. The molecule has 2 fully saturated rings. The summed E-state index contributed by atoms with van der Waals surface area (Å²) in [7, 11) is 2.15. The molecule has 0 aliphatic carbocycles. The molecule has 2 aromatic heterocycles. The maximum absolute atomic E-state index is 8.68. The Morgan fingerprint density at radius 1 is 1.08 bits per heavy atom. The zero-order chi connectivity index (χ0) is 25.9. The minimum absolute atomic E-state index is 0.128. The number of benzene rings is 1. The summed E-state index contributed by atoms with van der Waals surface area (Å²) in [5.74, 6) is 1.50. The summed E-state index contributed by atoms with van der Waals surface area (Å²) in [5, 5.41) is 12.5. The molecule has 2 aliphatic heterocycles. The second-order valence-electron chi connectivity index (χ2n) is 9.00. The Labute approximate surface area is 221 Å². The van der Waals surface area contributed by atoms with Gasteiger partial charge < -0.3 is 25.6 Å². The Kier molecular flexibility index (Phi) is 7.88. The van der Waals surface area contributed by atoms with Gasteiger partial charge in [-0.2, -0.15) is 0 Å². The van der Waals surface area contributed by atoms with E-state index in [2.05, 4.69) is 32.1 Å². The van der Waals surface area contributed by atoms with Gasteiger partial charge in [0.25, 0.3) is 0 Å². The predicted octanol–water partition coefficient (Wildman–Crippen LogP) is 5.01. The van der Waals surface area contributed by atoms with E-state index in [1.54, 1.807) is 24.4 Å². The van der Waals surface area contributed by atoms with Crippen LogP contribution in [0.3, 0.4) is 0 Å². The van der Waals surface area contributed by atoms with E-state index in [9.17, 15) is 0 Å². The number of nitrogens with one attached hydrogen (secondary N) is 2. The molecule has 2 saturated heterocycles. The van der Waals surface area contributed by atoms with Crippen LogP contribution in [0.1, 0.15) is 25.0 Å². The highest BCUT2D eigenvalue weighted by Crippen LogP contribution is 2.40. The molecule has 4 heterocycles. The minimum atomic E-state index is 0.128. The normalized spacial score (nSPS) is 15.9. The second-order valence-corrected chi connectivity index (χ2v) is 9.82. The van der Waals surface area contributed by atoms with Crippen LogP contribution in [0.2, 0.25) is 10.0 Å². The van der Waals surface area contributed by atoms with E-state index < -0.39 is 0 Å². The van der Waals surface area contributed by atoms with Crippen molar-refractivity contribution in [3.63, 3.8) is 0 Å². The van der Waals surface area contributed by atoms with Crippen LogP contribution in [0.15, 0.2) is 48.9 Å². The summed E-state index contributed by atoms with van der Waals surface area (Å²) in [4.78, 5) is 13.2. The average Bonchev–Trinajstić information content (AvgIpc) is 2.84. The van der Waals surface area contributed by atoms with Gasteiger partial charge in [-0.05, 0) is 37.4 Å². The van der Waals surface area contributed by atoms with E-state index in [1.807, 2.05) is 26.0 Å². The molecule has 0 atom stereocenters. The molecule has 2 aliphatic rings. The molecule has 8 nitrogen and oxygen atoms in total. The zero-order valence-electron chi connectivity index (χ0n) is 20.7. The van der Waals surface area contributed by atoms with Gasteiger partial charge >= 0.3 is 0 Å². The molecule has 0 unspecified atom stereocenters. The summed E-state index contributed by atoms with van der Waals surface area (Å²) < 4.78 is 5.79. The highest BCUT2D eigenvalue weighted by molar-refractivity contribution is 6.38. The Morgan fingerprint density at radius 2 is 1.78 bits per heavy atom. The number of hydrogen-bond donors (Lipinski definition) is 3. The van der Waals surface area contributed by atoms with Crippen LogP contribution in [0.25, 0.3) is 0 Å². The van der Waals surface area contributed by atoms with Crippen molar-refractivity contribution in [3.8, 4) is 5.75 Å². The standard InChI is InChI=1S/C24H25Cl2N7O.C2H6/c1-32-10-24(11-32)12-33(13-24)21-5-2-15(7-30-21)22(28)17-6-16(3-4-20(17)27)34-14-31-23-18(25)8-29-9-19(23)26;1-2/h2-9,28H,10-14,27H2,1H3,(H,29,31);1-2H3. The fourth-order valence-corrected chi connectivity index (χ4v) is 5.21. The monoisotopic (exact) mass is 527 g/mol. The number of halogens is 2. The number of nitrogens with zero attached hydrogens (tertiary/aromatic N) is 4. The first-order chi connectivity index (χ1) is 17.3. The zero-order valence-corrected chi connectivity index (χ0v) is 22.2. The Hall–Kier alpha value is -3.07. The molecule has 190 valence electrons. The van der Waals surface area contributed by atoms with E-state index in [4.69, 9.17) is 39.1 Å². The third kappa shape index (κ3) is 5.36. The molecule has 5 rings (SSSR count). The fraction of sp³-hybridized carbons (Fsp3) is 0.346. The Balaban J connectivity index is 0.00000148. The summed E-state index contributed by atoms with van der Waals surface area (Å²) in [6, 6.07) is 9.12. The average molecular weight is 528 g/mol. The van der Waals surface area contributed by atoms with Crippen LogP contribution in [-0.2, 0) is 0 Å². The number of ether oxygens (including phenoxy) is 1. The van der Waals surface area contributed by atoms with Crippen LogP contribution in [0, 0.1) is 10.8 Å². The van der Waals surface area contributed by atoms with Crippen LogP contribution in [-0.4, -0.2) is 60.5 Å². The van der Waals surface area contributed by atoms with Gasteiger partial charge in [0.15, 0.2) is 6.73 Å². The van der Waals surface area contributed by atoms with Crippen molar-refractivity contribution in [2.24, 2.45) is 5.41 Å². The van der Waals surface area contributed by atoms with Crippen molar-refractivity contribution in [1.82, 2.24) is 14.9 Å². The fourth-order valence-electron chi connectivity index (χ4n) is 4.71. The first-order valence-electron chi connectivity index (χ1n) is 11.9. The SMILES string of the molecule is CC.CN1CC2(C1)CN(c1ccc(C(=N)c3cc(OCNc4c(Cl)cncc4Cl)ccc3N)cn1)C2. The molecule has 0 radical (unpaired) electrons. The van der Waals surface area contributed by atoms with Gasteiger partial charge in [0.05, 0.1) is 21.4 Å². The molecule has 0 amide bonds. The number of aromatic nitrogens is 2. The summed E-state index contributed by atoms with van der Waals surface area (Å²) in [5.41, 5.74) is 9.22. The van der Waals surface area contributed by atoms with Gasteiger partial charge in [0.1, 0.15) is 11.6 Å². The van der Waals surface area contributed by atoms with E-state index >= 15 is 0 Å². The molecule has 0 saturated carbocycles. The molecule has 3 aromatic rings. The van der Waals surface area contributed by atoms with Gasteiger partial charge in [-0.3, -0.25) is 10.4 Å². The van der Waals surface area contributed by atoms with Crippen molar-refractivity contribution in [2.45, 2.75) is 13.8 Å². The number of pyridine rings is 2. The highest BCUT2D eigenvalue weighted by Gasteiger charge is 2.50. The molecular formula is C26H31Cl2N7O. The topological polar surface area (TPSA) is 103 Å². The van der Waals surface area contributed by atoms with E-state index in [0.717, 1.165) is 32.0 Å². The Morgan fingerprint density at radius 3 is 2.39 bits per heavy atom. The van der Waals surface area contributed by atoms with Crippen LogP contribution < -0.4 is 20.7 Å². The summed E-state index contributed by atoms with van der Waals surface area (Å²) in [6.07, 6.45) is 4.74. The molecule has 10 heteroatoms. The van der Waals surface area contributed by atoms with Crippen molar-refractivity contribution < 1.29 is 4.74 Å². The van der Waals surface area contributed by atoms with Gasteiger partial charge in [0.2, 0.25) is 0 Å². The van der Waals surface area contributed by atoms with E-state index in [0.29, 0.717) is 43.7 Å². The van der Waals surface area contributed by atoms with Gasteiger partial charge in [0, 0.05) is 67.0 Å². The van der Waals surface area contributed by atoms with Crippen LogP contribution >= 0.6 is 23.2 Å². The van der Waals surface area contributed by atoms with Gasteiger partial charge in [-0.25, -0.2) is 4.98 Å². The maximum atomic E-state index is 8.68. The second kappa shape index (κ2) is 10.9. The van der Waals surface area contributed by atoms with Crippen molar-refractivity contribution in [1.29, 1.82) is 5.41 Å². The number of hydrogen-bond acceptors (Lipinski definition) is 8. The van der Waals surface area contributed by atoms with Crippen LogP contribution in [0.4, 0.5) is 17.2 Å². The Bertz CT molecular complexity index is 1200. The molecular weight excluding hydrogens is 497 g/mol. The molecule has 0 bridgehead atoms. The number of rotatable bonds is 7. The molecule has 1 aromatic carbocycles. The van der Waals surface area contributed by atoms with Crippen molar-refractivity contribution in [2.75, 3.05) is 55.9 Å². The third-order valence-electron chi connectivity index (χ3n) is 6.26.